The summed E-state index contributed by atoms with van der Waals surface area (Å²) in [5, 5.41) is 1.43. The van der Waals surface area contributed by atoms with Crippen LogP contribution in [0.4, 0.5) is 5.69 Å². The van der Waals surface area contributed by atoms with Crippen LogP contribution in [0.25, 0.3) is 10.8 Å². The van der Waals surface area contributed by atoms with E-state index in [0.717, 1.165) is 5.39 Å². The molecular weight excluding hydrogens is 252 g/mol. The standard InChI is InChI=1S/C16H16N2O2/c1-16(2,3)18-14(19)10-6-4-5-9-12(17)8-7-11(13(9)10)15(18)20/h4-8H,17H2,1-3H3. The van der Waals surface area contributed by atoms with E-state index in [0.29, 0.717) is 22.2 Å². The molecule has 1 heterocycles. The lowest BCUT2D eigenvalue weighted by atomic mass is 9.90. The van der Waals surface area contributed by atoms with E-state index in [1.54, 1.807) is 24.3 Å². The van der Waals surface area contributed by atoms with Gasteiger partial charge in [0.15, 0.2) is 0 Å². The zero-order valence-electron chi connectivity index (χ0n) is 11.7. The number of nitrogens with zero attached hydrogens (tertiary/aromatic N) is 1. The number of rotatable bonds is 0. The van der Waals surface area contributed by atoms with Crippen molar-refractivity contribution in [2.45, 2.75) is 26.3 Å². The van der Waals surface area contributed by atoms with Gasteiger partial charge < -0.3 is 5.73 Å². The zero-order valence-corrected chi connectivity index (χ0v) is 11.7. The fraction of sp³-hybridized carbons (Fsp3) is 0.250. The van der Waals surface area contributed by atoms with Crippen molar-refractivity contribution in [3.8, 4) is 0 Å². The molecule has 2 aromatic carbocycles. The Kier molecular flexibility index (Phi) is 2.42. The average molecular weight is 268 g/mol. The van der Waals surface area contributed by atoms with Gasteiger partial charge in [-0.2, -0.15) is 0 Å². The van der Waals surface area contributed by atoms with Gasteiger partial charge in [-0.3, -0.25) is 14.5 Å². The molecule has 3 rings (SSSR count). The molecule has 0 spiro atoms. The number of nitrogens with two attached hydrogens (primary N) is 1. The minimum atomic E-state index is -0.560. The fourth-order valence-corrected chi connectivity index (χ4v) is 2.73. The summed E-state index contributed by atoms with van der Waals surface area (Å²) in [6, 6.07) is 8.81. The molecule has 102 valence electrons. The van der Waals surface area contributed by atoms with Gasteiger partial charge in [-0.25, -0.2) is 0 Å². The first kappa shape index (κ1) is 12.7. The maximum Gasteiger partial charge on any atom is 0.261 e. The second kappa shape index (κ2) is 3.82. The van der Waals surface area contributed by atoms with Crippen LogP contribution >= 0.6 is 0 Å². The highest BCUT2D eigenvalue weighted by molar-refractivity contribution is 6.26. The van der Waals surface area contributed by atoms with Crippen molar-refractivity contribution in [2.24, 2.45) is 0 Å². The van der Waals surface area contributed by atoms with Crippen molar-refractivity contribution in [3.63, 3.8) is 0 Å². The van der Waals surface area contributed by atoms with Crippen LogP contribution in [0.5, 0.6) is 0 Å². The Morgan fingerprint density at radius 1 is 0.950 bits per heavy atom. The number of hydrogen-bond donors (Lipinski definition) is 1. The van der Waals surface area contributed by atoms with E-state index in [2.05, 4.69) is 0 Å². The molecule has 0 saturated heterocycles. The summed E-state index contributed by atoms with van der Waals surface area (Å²) in [7, 11) is 0. The molecule has 4 heteroatoms. The molecule has 1 aliphatic heterocycles. The van der Waals surface area contributed by atoms with Gasteiger partial charge in [0.25, 0.3) is 11.8 Å². The van der Waals surface area contributed by atoms with E-state index in [9.17, 15) is 9.59 Å². The molecule has 20 heavy (non-hydrogen) atoms. The summed E-state index contributed by atoms with van der Waals surface area (Å²) in [6.45, 7) is 5.56. The third-order valence-corrected chi connectivity index (χ3v) is 3.61. The Morgan fingerprint density at radius 3 is 2.15 bits per heavy atom. The Labute approximate surface area is 117 Å². The van der Waals surface area contributed by atoms with Crippen LogP contribution in [0.15, 0.2) is 30.3 Å². The molecule has 0 bridgehead atoms. The Hall–Kier alpha value is -2.36. The van der Waals surface area contributed by atoms with Crippen molar-refractivity contribution in [2.75, 3.05) is 5.73 Å². The van der Waals surface area contributed by atoms with Gasteiger partial charge in [0, 0.05) is 33.1 Å². The Bertz CT molecular complexity index is 735. The smallest absolute Gasteiger partial charge is 0.261 e. The monoisotopic (exact) mass is 268 g/mol. The van der Waals surface area contributed by atoms with Gasteiger partial charge in [-0.1, -0.05) is 12.1 Å². The first-order valence-corrected chi connectivity index (χ1v) is 6.52. The van der Waals surface area contributed by atoms with Crippen LogP contribution in [-0.2, 0) is 0 Å². The molecule has 2 aromatic rings. The predicted molar refractivity (Wildman–Crippen MR) is 78.6 cm³/mol. The highest BCUT2D eigenvalue weighted by Gasteiger charge is 2.39. The number of benzene rings is 2. The predicted octanol–water partition coefficient (Wildman–Crippen LogP) is 2.82. The molecule has 2 amide bonds. The van der Waals surface area contributed by atoms with E-state index in [1.807, 2.05) is 26.8 Å². The third-order valence-electron chi connectivity index (χ3n) is 3.61. The fourth-order valence-electron chi connectivity index (χ4n) is 2.73. The van der Waals surface area contributed by atoms with Crippen LogP contribution in [-0.4, -0.2) is 22.3 Å². The summed E-state index contributed by atoms with van der Waals surface area (Å²) >= 11 is 0. The normalized spacial score (nSPS) is 15.1. The number of carbonyl (C=O) groups is 2. The molecule has 0 fully saturated rings. The van der Waals surface area contributed by atoms with Gasteiger partial charge in [-0.15, -0.1) is 0 Å². The number of nitrogen functional groups attached to an aromatic ring is 1. The summed E-state index contributed by atoms with van der Waals surface area (Å²) in [6.07, 6.45) is 0. The lowest BCUT2D eigenvalue weighted by Crippen LogP contribution is -2.51. The molecule has 1 aliphatic rings. The molecule has 0 atom stereocenters. The lowest BCUT2D eigenvalue weighted by Gasteiger charge is -2.37. The second-order valence-electron chi connectivity index (χ2n) is 6.05. The maximum atomic E-state index is 12.6. The van der Waals surface area contributed by atoms with E-state index in [1.165, 1.54) is 4.90 Å². The Balaban J connectivity index is 2.40. The molecule has 2 N–H and O–H groups in total. The number of carbonyl (C=O) groups excluding carboxylic acids is 2. The maximum absolute atomic E-state index is 12.6. The quantitative estimate of drug-likeness (QED) is 0.590. The number of imide groups is 1. The van der Waals surface area contributed by atoms with Crippen molar-refractivity contribution >= 4 is 28.3 Å². The van der Waals surface area contributed by atoms with Crippen LogP contribution in [0, 0.1) is 0 Å². The Morgan fingerprint density at radius 2 is 1.55 bits per heavy atom. The van der Waals surface area contributed by atoms with Crippen LogP contribution < -0.4 is 5.73 Å². The van der Waals surface area contributed by atoms with Crippen molar-refractivity contribution in [1.29, 1.82) is 0 Å². The second-order valence-corrected chi connectivity index (χ2v) is 6.05. The first-order chi connectivity index (χ1) is 9.32. The van der Waals surface area contributed by atoms with E-state index in [-0.39, 0.29) is 11.8 Å². The molecule has 0 unspecified atom stereocenters. The minimum absolute atomic E-state index is 0.258. The largest absolute Gasteiger partial charge is 0.398 e. The summed E-state index contributed by atoms with van der Waals surface area (Å²) < 4.78 is 0. The number of anilines is 1. The molecule has 0 aromatic heterocycles. The SMILES string of the molecule is CC(C)(C)N1C(=O)c2cccc3c(N)ccc(c23)C1=O. The topological polar surface area (TPSA) is 63.4 Å². The van der Waals surface area contributed by atoms with Gasteiger partial charge >= 0.3 is 0 Å². The van der Waals surface area contributed by atoms with Crippen LogP contribution in [0.3, 0.4) is 0 Å². The number of amides is 2. The summed E-state index contributed by atoms with van der Waals surface area (Å²) in [5.41, 5.74) is 7.05. The van der Waals surface area contributed by atoms with Crippen molar-refractivity contribution < 1.29 is 9.59 Å². The third kappa shape index (κ3) is 1.54. The lowest BCUT2D eigenvalue weighted by molar-refractivity contribution is 0.0460. The van der Waals surface area contributed by atoms with Crippen molar-refractivity contribution in [3.05, 3.63) is 41.5 Å². The molecule has 4 nitrogen and oxygen atoms in total. The first-order valence-electron chi connectivity index (χ1n) is 6.52. The van der Waals surface area contributed by atoms with Crippen molar-refractivity contribution in [1.82, 2.24) is 4.90 Å². The summed E-state index contributed by atoms with van der Waals surface area (Å²) in [5.74, 6) is -0.516. The van der Waals surface area contributed by atoms with Gasteiger partial charge in [-0.05, 0) is 39.0 Å². The molecule has 0 saturated carbocycles. The molecule has 0 aliphatic carbocycles. The summed E-state index contributed by atoms with van der Waals surface area (Å²) in [4.78, 5) is 26.6. The van der Waals surface area contributed by atoms with Crippen LogP contribution in [0.1, 0.15) is 41.5 Å². The highest BCUT2D eigenvalue weighted by atomic mass is 16.2. The van der Waals surface area contributed by atoms with Gasteiger partial charge in [0.05, 0.1) is 0 Å². The van der Waals surface area contributed by atoms with Crippen LogP contribution in [0.2, 0.25) is 0 Å². The highest BCUT2D eigenvalue weighted by Crippen LogP contribution is 2.35. The van der Waals surface area contributed by atoms with Gasteiger partial charge in [0.1, 0.15) is 0 Å². The molecular formula is C16H16N2O2. The van der Waals surface area contributed by atoms with Gasteiger partial charge in [0.2, 0.25) is 0 Å². The minimum Gasteiger partial charge on any atom is -0.398 e. The van der Waals surface area contributed by atoms with E-state index in [4.69, 9.17) is 5.73 Å². The molecule has 0 radical (unpaired) electrons. The number of hydrogen-bond acceptors (Lipinski definition) is 3. The zero-order chi connectivity index (χ0) is 14.7. The van der Waals surface area contributed by atoms with E-state index < -0.39 is 5.54 Å². The average Bonchev–Trinajstić information content (AvgIpc) is 2.36. The van der Waals surface area contributed by atoms with E-state index >= 15 is 0 Å².